The predicted octanol–water partition coefficient (Wildman–Crippen LogP) is 3.30. The lowest BCUT2D eigenvalue weighted by molar-refractivity contribution is 0.296. The van der Waals surface area contributed by atoms with E-state index in [0.717, 1.165) is 40.4 Å². The number of hydrogen-bond acceptors (Lipinski definition) is 6. The molecule has 0 aliphatic heterocycles. The molecule has 0 unspecified atom stereocenters. The number of thiophene rings is 1. The Balaban J connectivity index is 2.28. The molecule has 0 spiro atoms. The third-order valence-electron chi connectivity index (χ3n) is 2.56. The maximum atomic E-state index is 8.88. The van der Waals surface area contributed by atoms with Crippen LogP contribution in [0.4, 0.5) is 5.95 Å². The van der Waals surface area contributed by atoms with E-state index >= 15 is 0 Å². The summed E-state index contributed by atoms with van der Waals surface area (Å²) in [5.41, 5.74) is 0. The van der Waals surface area contributed by atoms with Crippen LogP contribution in [0.3, 0.4) is 0 Å². The number of anilines is 1. The molecule has 19 heavy (non-hydrogen) atoms. The first-order chi connectivity index (χ1) is 9.24. The summed E-state index contributed by atoms with van der Waals surface area (Å²) in [5, 5.41) is 14.3. The molecule has 0 atom stereocenters. The summed E-state index contributed by atoms with van der Waals surface area (Å²) in [6, 6.07) is 2.14. The molecule has 2 heterocycles. The van der Waals surface area contributed by atoms with Gasteiger partial charge in [0.15, 0.2) is 0 Å². The number of aliphatic hydroxyl groups is 1. The minimum Gasteiger partial charge on any atom is -0.396 e. The van der Waals surface area contributed by atoms with Gasteiger partial charge in [0, 0.05) is 29.2 Å². The lowest BCUT2D eigenvalue weighted by Gasteiger charge is -2.06. The van der Waals surface area contributed by atoms with Crippen molar-refractivity contribution in [1.29, 1.82) is 0 Å². The zero-order valence-corrected chi connectivity index (χ0v) is 12.9. The Morgan fingerprint density at radius 3 is 3.00 bits per heavy atom. The van der Waals surface area contributed by atoms with Gasteiger partial charge in [-0.25, -0.2) is 9.97 Å². The highest BCUT2D eigenvalue weighted by atomic mass is 32.2. The molecule has 4 nitrogen and oxygen atoms in total. The van der Waals surface area contributed by atoms with Gasteiger partial charge >= 0.3 is 0 Å². The summed E-state index contributed by atoms with van der Waals surface area (Å²) in [7, 11) is 0. The molecule has 0 saturated carbocycles. The number of nitrogens with zero attached hydrogens (tertiary/aromatic N) is 2. The summed E-state index contributed by atoms with van der Waals surface area (Å²) >= 11 is 3.39. The Morgan fingerprint density at radius 2 is 2.26 bits per heavy atom. The summed E-state index contributed by atoms with van der Waals surface area (Å²) in [6.07, 6.45) is 1.84. The minimum atomic E-state index is 0.227. The lowest BCUT2D eigenvalue weighted by Crippen LogP contribution is -2.04. The van der Waals surface area contributed by atoms with E-state index in [1.807, 2.05) is 0 Å². The molecule has 0 aliphatic rings. The number of thioether (sulfide) groups is 1. The monoisotopic (exact) mass is 297 g/mol. The molecule has 104 valence electrons. The molecule has 0 saturated heterocycles. The fraction of sp³-hybridized carbons (Fsp3) is 0.538. The van der Waals surface area contributed by atoms with Gasteiger partial charge in [-0.15, -0.1) is 23.1 Å². The Labute approximate surface area is 121 Å². The van der Waals surface area contributed by atoms with Crippen molar-refractivity contribution in [3.8, 4) is 0 Å². The number of nitrogens with one attached hydrogen (secondary N) is 1. The van der Waals surface area contributed by atoms with Gasteiger partial charge in [-0.2, -0.15) is 0 Å². The van der Waals surface area contributed by atoms with Crippen LogP contribution in [0.5, 0.6) is 0 Å². The molecule has 0 radical (unpaired) electrons. The van der Waals surface area contributed by atoms with Gasteiger partial charge in [0.2, 0.25) is 5.95 Å². The van der Waals surface area contributed by atoms with E-state index in [4.69, 9.17) is 5.11 Å². The highest BCUT2D eigenvalue weighted by Crippen LogP contribution is 2.32. The zero-order chi connectivity index (χ0) is 13.7. The van der Waals surface area contributed by atoms with E-state index in [0.29, 0.717) is 5.95 Å². The van der Waals surface area contributed by atoms with E-state index < -0.39 is 0 Å². The standard InChI is InChI=1S/C13H19N3OS2/c1-3-5-14-13-15-11(18-7-4-6-17)10-8-9(2)19-12(10)16-13/h8,17H,3-7H2,1-2H3,(H,14,15,16). The Kier molecular flexibility index (Phi) is 5.42. The van der Waals surface area contributed by atoms with Crippen LogP contribution in [-0.2, 0) is 0 Å². The molecule has 0 amide bonds. The summed E-state index contributed by atoms with van der Waals surface area (Å²) in [5.74, 6) is 1.59. The van der Waals surface area contributed by atoms with E-state index in [-0.39, 0.29) is 6.61 Å². The van der Waals surface area contributed by atoms with E-state index in [1.165, 1.54) is 4.88 Å². The fourth-order valence-electron chi connectivity index (χ4n) is 1.68. The van der Waals surface area contributed by atoms with Gasteiger partial charge in [-0.05, 0) is 25.8 Å². The molecule has 0 bridgehead atoms. The van der Waals surface area contributed by atoms with Crippen molar-refractivity contribution >= 4 is 39.3 Å². The average molecular weight is 297 g/mol. The fourth-order valence-corrected chi connectivity index (χ4v) is 3.55. The zero-order valence-electron chi connectivity index (χ0n) is 11.3. The second kappa shape index (κ2) is 7.07. The van der Waals surface area contributed by atoms with Crippen LogP contribution < -0.4 is 5.32 Å². The highest BCUT2D eigenvalue weighted by molar-refractivity contribution is 7.99. The molecule has 0 fully saturated rings. The third-order valence-corrected chi connectivity index (χ3v) is 4.58. The van der Waals surface area contributed by atoms with Crippen LogP contribution >= 0.6 is 23.1 Å². The van der Waals surface area contributed by atoms with Crippen LogP contribution in [-0.4, -0.2) is 34.0 Å². The van der Waals surface area contributed by atoms with Crippen molar-refractivity contribution in [2.24, 2.45) is 0 Å². The van der Waals surface area contributed by atoms with Gasteiger partial charge in [-0.1, -0.05) is 6.92 Å². The van der Waals surface area contributed by atoms with Crippen molar-refractivity contribution in [2.75, 3.05) is 24.2 Å². The number of hydrogen-bond donors (Lipinski definition) is 2. The van der Waals surface area contributed by atoms with Gasteiger partial charge in [0.1, 0.15) is 9.86 Å². The van der Waals surface area contributed by atoms with Crippen LogP contribution in [0, 0.1) is 6.92 Å². The van der Waals surface area contributed by atoms with Crippen LogP contribution in [0.1, 0.15) is 24.6 Å². The van der Waals surface area contributed by atoms with Crippen molar-refractivity contribution in [1.82, 2.24) is 9.97 Å². The van der Waals surface area contributed by atoms with Crippen LogP contribution in [0.2, 0.25) is 0 Å². The second-order valence-electron chi connectivity index (χ2n) is 4.28. The minimum absolute atomic E-state index is 0.227. The van der Waals surface area contributed by atoms with Crippen molar-refractivity contribution in [3.05, 3.63) is 10.9 Å². The van der Waals surface area contributed by atoms with Gasteiger partial charge in [0.05, 0.1) is 0 Å². The van der Waals surface area contributed by atoms with Crippen molar-refractivity contribution < 1.29 is 5.11 Å². The number of fused-ring (bicyclic) bond motifs is 1. The molecular formula is C13H19N3OS2. The number of aliphatic hydroxyl groups excluding tert-OH is 1. The quantitative estimate of drug-likeness (QED) is 0.466. The van der Waals surface area contributed by atoms with Crippen molar-refractivity contribution in [2.45, 2.75) is 31.7 Å². The van der Waals surface area contributed by atoms with E-state index in [9.17, 15) is 0 Å². The molecule has 6 heteroatoms. The van der Waals surface area contributed by atoms with Crippen molar-refractivity contribution in [3.63, 3.8) is 0 Å². The lowest BCUT2D eigenvalue weighted by atomic mass is 10.4. The molecule has 2 rings (SSSR count). The third kappa shape index (κ3) is 3.81. The maximum absolute atomic E-state index is 8.88. The second-order valence-corrected chi connectivity index (χ2v) is 6.60. The molecule has 2 N–H and O–H groups in total. The maximum Gasteiger partial charge on any atom is 0.225 e. The summed E-state index contributed by atoms with van der Waals surface area (Å²) in [6.45, 7) is 5.33. The molecule has 0 aromatic carbocycles. The number of aryl methyl sites for hydroxylation is 1. The molecule has 2 aromatic rings. The van der Waals surface area contributed by atoms with E-state index in [2.05, 4.69) is 35.2 Å². The summed E-state index contributed by atoms with van der Waals surface area (Å²) in [4.78, 5) is 11.4. The first kappa shape index (κ1) is 14.6. The molecule has 0 aliphatic carbocycles. The normalized spacial score (nSPS) is 11.1. The van der Waals surface area contributed by atoms with Crippen LogP contribution in [0.25, 0.3) is 10.2 Å². The Bertz CT molecular complexity index is 542. The average Bonchev–Trinajstić information content (AvgIpc) is 2.77. The van der Waals surface area contributed by atoms with Crippen LogP contribution in [0.15, 0.2) is 11.1 Å². The largest absolute Gasteiger partial charge is 0.396 e. The molecular weight excluding hydrogens is 278 g/mol. The van der Waals surface area contributed by atoms with Gasteiger partial charge in [0.25, 0.3) is 0 Å². The van der Waals surface area contributed by atoms with Gasteiger partial charge < -0.3 is 10.4 Å². The Morgan fingerprint density at radius 1 is 1.42 bits per heavy atom. The summed E-state index contributed by atoms with van der Waals surface area (Å²) < 4.78 is 0. The smallest absolute Gasteiger partial charge is 0.225 e. The first-order valence-electron chi connectivity index (χ1n) is 6.50. The van der Waals surface area contributed by atoms with E-state index in [1.54, 1.807) is 23.1 Å². The SMILES string of the molecule is CCCNc1nc(SCCCO)c2cc(C)sc2n1. The predicted molar refractivity (Wildman–Crippen MR) is 83.4 cm³/mol. The topological polar surface area (TPSA) is 58.0 Å². The highest BCUT2D eigenvalue weighted by Gasteiger charge is 2.10. The Hall–Kier alpha value is -0.850. The number of aromatic nitrogens is 2. The number of rotatable bonds is 7. The molecule has 2 aromatic heterocycles. The van der Waals surface area contributed by atoms with Gasteiger partial charge in [-0.3, -0.25) is 0 Å². The first-order valence-corrected chi connectivity index (χ1v) is 8.30.